The first kappa shape index (κ1) is 12.9. The zero-order valence-electron chi connectivity index (χ0n) is 9.29. The highest BCUT2D eigenvalue weighted by atomic mass is 32.2. The van der Waals surface area contributed by atoms with Gasteiger partial charge in [-0.1, -0.05) is 0 Å². The van der Waals surface area contributed by atoms with Crippen LogP contribution in [-0.2, 0) is 17.3 Å². The minimum Gasteiger partial charge on any atom is -0.330 e. The van der Waals surface area contributed by atoms with E-state index in [2.05, 4.69) is 14.8 Å². The zero-order valence-corrected chi connectivity index (χ0v) is 10.1. The Kier molecular flexibility index (Phi) is 4.21. The van der Waals surface area contributed by atoms with Gasteiger partial charge in [0, 0.05) is 20.6 Å². The lowest BCUT2D eigenvalue weighted by Crippen LogP contribution is -2.34. The molecule has 1 aromatic rings. The maximum absolute atomic E-state index is 11.7. The van der Waals surface area contributed by atoms with Gasteiger partial charge in [0.1, 0.15) is 6.33 Å². The molecular formula is C7H16N6O2S. The third-order valence-corrected chi connectivity index (χ3v) is 3.46. The molecule has 16 heavy (non-hydrogen) atoms. The van der Waals surface area contributed by atoms with Crippen LogP contribution >= 0.6 is 0 Å². The molecule has 92 valence electrons. The lowest BCUT2D eigenvalue weighted by atomic mass is 10.4. The number of aryl methyl sites for hydroxylation is 1. The Hall–Kier alpha value is -1.19. The van der Waals surface area contributed by atoms with Crippen LogP contribution in [0.15, 0.2) is 6.33 Å². The number of nitrogens with two attached hydrogens (primary N) is 1. The van der Waals surface area contributed by atoms with Crippen LogP contribution in [0.25, 0.3) is 0 Å². The van der Waals surface area contributed by atoms with Crippen LogP contribution in [-0.4, -0.2) is 47.6 Å². The number of anilines is 1. The molecule has 1 heterocycles. The van der Waals surface area contributed by atoms with Gasteiger partial charge < -0.3 is 5.73 Å². The fraction of sp³-hybridized carbons (Fsp3) is 0.714. The Balaban J connectivity index is 2.68. The predicted molar refractivity (Wildman–Crippen MR) is 59.8 cm³/mol. The van der Waals surface area contributed by atoms with E-state index in [4.69, 9.17) is 5.73 Å². The summed E-state index contributed by atoms with van der Waals surface area (Å²) in [6, 6.07) is 0. The summed E-state index contributed by atoms with van der Waals surface area (Å²) in [5, 5.41) is 3.76. The number of rotatable bonds is 6. The average molecular weight is 248 g/mol. The Morgan fingerprint density at radius 3 is 2.81 bits per heavy atom. The van der Waals surface area contributed by atoms with Gasteiger partial charge in [-0.25, -0.2) is 9.40 Å². The quantitative estimate of drug-likeness (QED) is 0.654. The molecule has 9 heteroatoms. The Morgan fingerprint density at radius 2 is 2.31 bits per heavy atom. The second-order valence-corrected chi connectivity index (χ2v) is 5.06. The molecule has 0 spiro atoms. The van der Waals surface area contributed by atoms with Gasteiger partial charge in [0.05, 0.1) is 0 Å². The van der Waals surface area contributed by atoms with Crippen LogP contribution in [0.3, 0.4) is 0 Å². The molecule has 0 aliphatic heterocycles. The molecule has 0 fully saturated rings. The molecule has 8 nitrogen and oxygen atoms in total. The standard InChI is InChI=1S/C7H16N6O2S/c1-12(5-3-4-8)16(14,15)11-7-9-6-10-13(7)2/h6H,3-5,8H2,1-2H3,(H,9,10,11). The third-order valence-electron chi connectivity index (χ3n) is 2.02. The van der Waals surface area contributed by atoms with Crippen LogP contribution < -0.4 is 10.5 Å². The van der Waals surface area contributed by atoms with Crippen molar-refractivity contribution in [3.05, 3.63) is 6.33 Å². The first-order chi connectivity index (χ1) is 7.47. The van der Waals surface area contributed by atoms with Crippen molar-refractivity contribution in [2.75, 3.05) is 24.9 Å². The Labute approximate surface area is 94.6 Å². The molecule has 0 aliphatic carbocycles. The monoisotopic (exact) mass is 248 g/mol. The lowest BCUT2D eigenvalue weighted by Gasteiger charge is -2.16. The molecule has 0 unspecified atom stereocenters. The summed E-state index contributed by atoms with van der Waals surface area (Å²) in [4.78, 5) is 3.77. The van der Waals surface area contributed by atoms with E-state index < -0.39 is 10.2 Å². The van der Waals surface area contributed by atoms with Gasteiger partial charge in [0.2, 0.25) is 5.95 Å². The van der Waals surface area contributed by atoms with Crippen molar-refractivity contribution in [2.45, 2.75) is 6.42 Å². The highest BCUT2D eigenvalue weighted by molar-refractivity contribution is 7.90. The number of aromatic nitrogens is 3. The van der Waals surface area contributed by atoms with Crippen LogP contribution in [0.4, 0.5) is 5.95 Å². The van der Waals surface area contributed by atoms with Crippen molar-refractivity contribution in [3.63, 3.8) is 0 Å². The first-order valence-corrected chi connectivity index (χ1v) is 6.19. The molecule has 0 atom stereocenters. The second-order valence-electron chi connectivity index (χ2n) is 3.28. The second kappa shape index (κ2) is 5.23. The summed E-state index contributed by atoms with van der Waals surface area (Å²) in [6.45, 7) is 0.813. The highest BCUT2D eigenvalue weighted by Crippen LogP contribution is 2.05. The normalized spacial score (nSPS) is 12.0. The third kappa shape index (κ3) is 3.15. The number of hydrogen-bond donors (Lipinski definition) is 2. The minimum atomic E-state index is -3.57. The van der Waals surface area contributed by atoms with Crippen molar-refractivity contribution in [1.82, 2.24) is 19.1 Å². The smallest absolute Gasteiger partial charge is 0.303 e. The summed E-state index contributed by atoms with van der Waals surface area (Å²) in [5.74, 6) is 0.180. The topological polar surface area (TPSA) is 106 Å². The van der Waals surface area contributed by atoms with Gasteiger partial charge >= 0.3 is 10.2 Å². The van der Waals surface area contributed by atoms with Crippen LogP contribution in [0.2, 0.25) is 0 Å². The molecule has 3 N–H and O–H groups in total. The minimum absolute atomic E-state index is 0.180. The number of hydrogen-bond acceptors (Lipinski definition) is 5. The molecule has 1 aromatic heterocycles. The van der Waals surface area contributed by atoms with E-state index in [-0.39, 0.29) is 5.95 Å². The molecular weight excluding hydrogens is 232 g/mol. The largest absolute Gasteiger partial charge is 0.330 e. The van der Waals surface area contributed by atoms with Crippen molar-refractivity contribution in [1.29, 1.82) is 0 Å². The van der Waals surface area contributed by atoms with Crippen molar-refractivity contribution < 1.29 is 8.42 Å². The number of nitrogens with one attached hydrogen (secondary N) is 1. The summed E-state index contributed by atoms with van der Waals surface area (Å²) in [7, 11) is -0.491. The van der Waals surface area contributed by atoms with Gasteiger partial charge in [-0.05, 0) is 13.0 Å². The molecule has 0 saturated carbocycles. The molecule has 1 rings (SSSR count). The van der Waals surface area contributed by atoms with E-state index in [9.17, 15) is 8.42 Å². The predicted octanol–water partition coefficient (Wildman–Crippen LogP) is -1.25. The fourth-order valence-corrected chi connectivity index (χ4v) is 1.96. The van der Waals surface area contributed by atoms with Crippen LogP contribution in [0.5, 0.6) is 0 Å². The van der Waals surface area contributed by atoms with Crippen molar-refractivity contribution in [3.8, 4) is 0 Å². The first-order valence-electron chi connectivity index (χ1n) is 4.75. The van der Waals surface area contributed by atoms with Gasteiger partial charge in [0.25, 0.3) is 0 Å². The van der Waals surface area contributed by atoms with Gasteiger partial charge in [-0.2, -0.15) is 22.8 Å². The average Bonchev–Trinajstić information content (AvgIpc) is 2.60. The Bertz CT molecular complexity index is 428. The fourth-order valence-electron chi connectivity index (χ4n) is 1.02. The van der Waals surface area contributed by atoms with E-state index in [1.165, 1.54) is 22.4 Å². The van der Waals surface area contributed by atoms with Gasteiger partial charge in [-0.3, -0.25) is 0 Å². The molecule has 0 amide bonds. The molecule has 0 aromatic carbocycles. The molecule has 0 bridgehead atoms. The Morgan fingerprint density at radius 1 is 1.62 bits per heavy atom. The summed E-state index contributed by atoms with van der Waals surface area (Å²) < 4.78 is 28.4. The lowest BCUT2D eigenvalue weighted by molar-refractivity contribution is 0.467. The van der Waals surface area contributed by atoms with Gasteiger partial charge in [0.15, 0.2) is 0 Å². The SMILES string of the molecule is CN(CCCN)S(=O)(=O)Nc1ncnn1C. The van der Waals surface area contributed by atoms with E-state index in [1.807, 2.05) is 0 Å². The van der Waals surface area contributed by atoms with E-state index in [0.29, 0.717) is 19.5 Å². The van der Waals surface area contributed by atoms with Crippen molar-refractivity contribution >= 4 is 16.2 Å². The maximum Gasteiger partial charge on any atom is 0.303 e. The van der Waals surface area contributed by atoms with E-state index in [0.717, 1.165) is 0 Å². The zero-order chi connectivity index (χ0) is 12.2. The maximum atomic E-state index is 11.7. The van der Waals surface area contributed by atoms with E-state index >= 15 is 0 Å². The van der Waals surface area contributed by atoms with Crippen molar-refractivity contribution in [2.24, 2.45) is 12.8 Å². The van der Waals surface area contributed by atoms with Gasteiger partial charge in [-0.15, -0.1) is 0 Å². The molecule has 0 radical (unpaired) electrons. The van der Waals surface area contributed by atoms with Crippen LogP contribution in [0.1, 0.15) is 6.42 Å². The van der Waals surface area contributed by atoms with Crippen LogP contribution in [0, 0.1) is 0 Å². The number of nitrogens with zero attached hydrogens (tertiary/aromatic N) is 4. The molecule has 0 saturated heterocycles. The molecule has 0 aliphatic rings. The highest BCUT2D eigenvalue weighted by Gasteiger charge is 2.18. The summed E-state index contributed by atoms with van der Waals surface area (Å²) in [5.41, 5.74) is 5.31. The van der Waals surface area contributed by atoms with E-state index in [1.54, 1.807) is 7.05 Å². The summed E-state index contributed by atoms with van der Waals surface area (Å²) >= 11 is 0. The summed E-state index contributed by atoms with van der Waals surface area (Å²) in [6.07, 6.45) is 1.88.